The summed E-state index contributed by atoms with van der Waals surface area (Å²) < 4.78 is 0. The SMILES string of the molecule is CC.c1cc2ccc3cc4cccc5ccc6cc(c1)c2c3c6c54.c1cc2cccc3c2c(c1)c1c2c4cccc5cccc(c54)c2c2c4cccc5cccc(c54)c2c31. The van der Waals surface area contributed by atoms with Crippen LogP contribution in [-0.2, 0) is 0 Å². The molecule has 0 saturated heterocycles. The van der Waals surface area contributed by atoms with Crippen molar-refractivity contribution in [1.82, 2.24) is 0 Å². The molecule has 0 saturated carbocycles. The third-order valence-electron chi connectivity index (χ3n) is 13.9. The van der Waals surface area contributed by atoms with Gasteiger partial charge in [0.25, 0.3) is 0 Å². The van der Waals surface area contributed by atoms with Crippen LogP contribution < -0.4 is 0 Å². The van der Waals surface area contributed by atoms with E-state index in [9.17, 15) is 0 Å². The lowest BCUT2D eigenvalue weighted by molar-refractivity contribution is 1.50. The Morgan fingerprint density at radius 2 is 0.367 bits per heavy atom. The molecule has 0 unspecified atom stereocenters. The summed E-state index contributed by atoms with van der Waals surface area (Å²) in [5.41, 5.74) is 0. The lowest BCUT2D eigenvalue weighted by Gasteiger charge is -2.16. The molecule has 0 radical (unpaired) electrons. The molecule has 16 aromatic rings. The van der Waals surface area contributed by atoms with Gasteiger partial charge in [0.1, 0.15) is 0 Å². The molecule has 0 aliphatic heterocycles. The first kappa shape index (κ1) is 32.4. The summed E-state index contributed by atoms with van der Waals surface area (Å²) >= 11 is 0. The van der Waals surface area contributed by atoms with Crippen molar-refractivity contribution >= 4 is 151 Å². The monoisotopic (exact) mass is 756 g/mol. The minimum Gasteiger partial charge on any atom is -0.0683 e. The van der Waals surface area contributed by atoms with Gasteiger partial charge >= 0.3 is 0 Å². The van der Waals surface area contributed by atoms with Crippen molar-refractivity contribution < 1.29 is 0 Å². The van der Waals surface area contributed by atoms with Gasteiger partial charge in [-0.25, -0.2) is 0 Å². The number of hydrogen-bond acceptors (Lipinski definition) is 0. The molecule has 0 fully saturated rings. The minimum atomic E-state index is 1.33. The molecule has 0 aliphatic rings. The predicted molar refractivity (Wildman–Crippen MR) is 265 cm³/mol. The molecule has 276 valence electrons. The maximum absolute atomic E-state index is 2.34. The highest BCUT2D eigenvalue weighted by molar-refractivity contribution is 6.55. The van der Waals surface area contributed by atoms with Crippen molar-refractivity contribution in [3.63, 3.8) is 0 Å². The van der Waals surface area contributed by atoms with Gasteiger partial charge in [0, 0.05) is 0 Å². The average molecular weight is 757 g/mol. The van der Waals surface area contributed by atoms with Crippen LogP contribution >= 0.6 is 0 Å². The fourth-order valence-electron chi connectivity index (χ4n) is 11.8. The van der Waals surface area contributed by atoms with Crippen LogP contribution in [0.25, 0.3) is 151 Å². The van der Waals surface area contributed by atoms with E-state index in [1.54, 1.807) is 0 Å². The number of benzene rings is 13. The van der Waals surface area contributed by atoms with Crippen molar-refractivity contribution in [3.05, 3.63) is 182 Å². The molecule has 0 atom stereocenters. The summed E-state index contributed by atoms with van der Waals surface area (Å²) in [7, 11) is 0. The summed E-state index contributed by atoms with van der Waals surface area (Å²) in [6.07, 6.45) is 0. The zero-order valence-electron chi connectivity index (χ0n) is 33.3. The second-order valence-corrected chi connectivity index (χ2v) is 16.6. The molecule has 0 N–H and O–H groups in total. The second kappa shape index (κ2) is 11.6. The normalized spacial score (nSPS) is 12.5. The van der Waals surface area contributed by atoms with Gasteiger partial charge in [-0.1, -0.05) is 184 Å². The molecule has 0 amide bonds. The summed E-state index contributed by atoms with van der Waals surface area (Å²) in [5.74, 6) is 0. The standard InChI is InChI=1S/C36H18.C22H12.C2H6/c1-7-19-8-2-14-23-28(19)22(13-1)31-32(23)34-26-17-5-11-21-12-6-18-27(30(21)26)36(34)35-25-16-4-10-20-9-3-15-24(29(20)25)33(31)35;1-3-13-7-9-18-12-16-6-2-4-14-8-10-17-11-15(5-1)19(13)21(18)22(17)20(14)16;1-2/h1-18H;1-12H;1-2H3. The van der Waals surface area contributed by atoms with E-state index in [1.807, 2.05) is 13.8 Å². The van der Waals surface area contributed by atoms with Gasteiger partial charge in [-0.2, -0.15) is 0 Å². The largest absolute Gasteiger partial charge is 0.0683 e. The molecule has 0 bridgehead atoms. The molecule has 0 nitrogen and oxygen atoms in total. The summed E-state index contributed by atoms with van der Waals surface area (Å²) in [6.45, 7) is 4.00. The zero-order chi connectivity index (χ0) is 39.4. The fourth-order valence-corrected chi connectivity index (χ4v) is 11.8. The van der Waals surface area contributed by atoms with Crippen LogP contribution in [0.3, 0.4) is 0 Å². The molecule has 0 aromatic heterocycles. The molecule has 0 aliphatic carbocycles. The van der Waals surface area contributed by atoms with Gasteiger partial charge in [-0.3, -0.25) is 0 Å². The Morgan fingerprint density at radius 3 is 0.650 bits per heavy atom. The van der Waals surface area contributed by atoms with Gasteiger partial charge in [-0.05, 0) is 163 Å². The van der Waals surface area contributed by atoms with E-state index < -0.39 is 0 Å². The number of rotatable bonds is 0. The van der Waals surface area contributed by atoms with Crippen LogP contribution in [-0.4, -0.2) is 0 Å². The van der Waals surface area contributed by atoms with Gasteiger partial charge in [0.05, 0.1) is 0 Å². The third-order valence-corrected chi connectivity index (χ3v) is 13.9. The molecule has 0 heteroatoms. The van der Waals surface area contributed by atoms with Crippen molar-refractivity contribution in [2.75, 3.05) is 0 Å². The van der Waals surface area contributed by atoms with Crippen molar-refractivity contribution in [3.8, 4) is 0 Å². The Balaban J connectivity index is 0.000000127. The first-order valence-electron chi connectivity index (χ1n) is 21.4. The van der Waals surface area contributed by atoms with Crippen molar-refractivity contribution in [2.24, 2.45) is 0 Å². The first-order valence-corrected chi connectivity index (χ1v) is 21.4. The van der Waals surface area contributed by atoms with Gasteiger partial charge in [0.15, 0.2) is 0 Å². The van der Waals surface area contributed by atoms with Crippen LogP contribution in [0, 0.1) is 0 Å². The van der Waals surface area contributed by atoms with Gasteiger partial charge in [0.2, 0.25) is 0 Å². The van der Waals surface area contributed by atoms with Gasteiger partial charge in [-0.15, -0.1) is 0 Å². The molecule has 0 heterocycles. The molecule has 0 spiro atoms. The summed E-state index contributed by atoms with van der Waals surface area (Å²) in [4.78, 5) is 0. The Hall–Kier alpha value is -7.54. The van der Waals surface area contributed by atoms with Crippen molar-refractivity contribution in [2.45, 2.75) is 13.8 Å². The molecule has 60 heavy (non-hydrogen) atoms. The quantitative estimate of drug-likeness (QED) is 0.107. The fraction of sp³-hybridized carbons (Fsp3) is 0.0333. The van der Waals surface area contributed by atoms with Crippen molar-refractivity contribution in [1.29, 1.82) is 0 Å². The summed E-state index contributed by atoms with van der Waals surface area (Å²) in [6, 6.07) is 68.0. The second-order valence-electron chi connectivity index (χ2n) is 16.6. The van der Waals surface area contributed by atoms with E-state index in [2.05, 4.69) is 182 Å². The Labute approximate surface area is 345 Å². The van der Waals surface area contributed by atoms with E-state index in [0.29, 0.717) is 0 Å². The van der Waals surface area contributed by atoms with Crippen LogP contribution in [0.15, 0.2) is 182 Å². The van der Waals surface area contributed by atoms with Crippen LogP contribution in [0.4, 0.5) is 0 Å². The number of fused-ring (bicyclic) bond motifs is 12. The highest BCUT2D eigenvalue weighted by atomic mass is 14.3. The first-order chi connectivity index (χ1) is 29.8. The maximum Gasteiger partial charge on any atom is -0.000696 e. The smallest absolute Gasteiger partial charge is 0.000696 e. The Morgan fingerprint density at radius 1 is 0.167 bits per heavy atom. The highest BCUT2D eigenvalue weighted by Crippen LogP contribution is 2.55. The molecule has 16 rings (SSSR count). The lowest BCUT2D eigenvalue weighted by atomic mass is 9.87. The zero-order valence-corrected chi connectivity index (χ0v) is 33.3. The third kappa shape index (κ3) is 3.88. The molecular formula is C60H36. The van der Waals surface area contributed by atoms with E-state index >= 15 is 0 Å². The average Bonchev–Trinajstić information content (AvgIpc) is 3.94. The van der Waals surface area contributed by atoms with Crippen LogP contribution in [0.5, 0.6) is 0 Å². The molecule has 16 aromatic carbocycles. The van der Waals surface area contributed by atoms with E-state index in [1.165, 1.54) is 151 Å². The minimum absolute atomic E-state index is 1.33. The van der Waals surface area contributed by atoms with E-state index in [4.69, 9.17) is 0 Å². The molecular weight excluding hydrogens is 721 g/mol. The maximum atomic E-state index is 2.34. The van der Waals surface area contributed by atoms with E-state index in [0.717, 1.165) is 0 Å². The van der Waals surface area contributed by atoms with Crippen LogP contribution in [0.1, 0.15) is 13.8 Å². The Kier molecular flexibility index (Phi) is 6.25. The Bertz CT molecular complexity index is 3780. The number of hydrogen-bond donors (Lipinski definition) is 0. The highest BCUT2D eigenvalue weighted by Gasteiger charge is 2.26. The van der Waals surface area contributed by atoms with Gasteiger partial charge < -0.3 is 0 Å². The topological polar surface area (TPSA) is 0 Å². The predicted octanol–water partition coefficient (Wildman–Crippen LogP) is 17.7. The van der Waals surface area contributed by atoms with E-state index in [-0.39, 0.29) is 0 Å². The lowest BCUT2D eigenvalue weighted by Crippen LogP contribution is -1.88. The van der Waals surface area contributed by atoms with Crippen LogP contribution in [0.2, 0.25) is 0 Å². The summed E-state index contributed by atoms with van der Waals surface area (Å²) in [5, 5.41) is 38.7.